The standard InChI is InChI=1S/C13H18ClNO4/c1-3-19-13(17)6-9(16)8-15-12-7-10(18-2)4-5-11(12)14/h4-5,7,9,15-16H,3,6,8H2,1-2H3. The maximum absolute atomic E-state index is 11.2. The van der Waals surface area contributed by atoms with Crippen LogP contribution >= 0.6 is 11.6 Å². The zero-order valence-electron chi connectivity index (χ0n) is 11.0. The van der Waals surface area contributed by atoms with E-state index < -0.39 is 12.1 Å². The largest absolute Gasteiger partial charge is 0.497 e. The van der Waals surface area contributed by atoms with E-state index in [-0.39, 0.29) is 13.0 Å². The fourth-order valence-corrected chi connectivity index (χ4v) is 1.66. The highest BCUT2D eigenvalue weighted by Gasteiger charge is 2.12. The van der Waals surface area contributed by atoms with Gasteiger partial charge in [-0.05, 0) is 19.1 Å². The van der Waals surface area contributed by atoms with Crippen molar-refractivity contribution in [2.24, 2.45) is 0 Å². The summed E-state index contributed by atoms with van der Waals surface area (Å²) in [5.74, 6) is 0.236. The van der Waals surface area contributed by atoms with Crippen molar-refractivity contribution in [2.45, 2.75) is 19.4 Å². The normalized spacial score (nSPS) is 11.8. The van der Waals surface area contributed by atoms with Crippen molar-refractivity contribution in [3.8, 4) is 5.75 Å². The van der Waals surface area contributed by atoms with Gasteiger partial charge in [0.05, 0.1) is 37.0 Å². The molecule has 0 radical (unpaired) electrons. The lowest BCUT2D eigenvalue weighted by molar-refractivity contribution is -0.145. The molecule has 5 nitrogen and oxygen atoms in total. The Hall–Kier alpha value is -1.46. The summed E-state index contributed by atoms with van der Waals surface area (Å²) in [6.07, 6.45) is -0.885. The van der Waals surface area contributed by atoms with Crippen LogP contribution in [0.5, 0.6) is 5.75 Å². The second-order valence-corrected chi connectivity index (χ2v) is 4.30. The van der Waals surface area contributed by atoms with E-state index in [1.54, 1.807) is 32.2 Å². The van der Waals surface area contributed by atoms with Crippen LogP contribution in [-0.2, 0) is 9.53 Å². The van der Waals surface area contributed by atoms with Crippen LogP contribution in [0, 0.1) is 0 Å². The molecular formula is C13H18ClNO4. The fourth-order valence-electron chi connectivity index (χ4n) is 1.48. The number of methoxy groups -OCH3 is 1. The number of benzene rings is 1. The van der Waals surface area contributed by atoms with Crippen LogP contribution < -0.4 is 10.1 Å². The van der Waals surface area contributed by atoms with Crippen molar-refractivity contribution in [1.29, 1.82) is 0 Å². The minimum atomic E-state index is -0.832. The molecule has 1 unspecified atom stereocenters. The van der Waals surface area contributed by atoms with E-state index in [9.17, 15) is 9.90 Å². The van der Waals surface area contributed by atoms with Gasteiger partial charge in [0.15, 0.2) is 0 Å². The molecule has 1 aromatic carbocycles. The van der Waals surface area contributed by atoms with Crippen LogP contribution in [0.2, 0.25) is 5.02 Å². The molecule has 0 aliphatic heterocycles. The van der Waals surface area contributed by atoms with Crippen molar-refractivity contribution < 1.29 is 19.4 Å². The molecule has 19 heavy (non-hydrogen) atoms. The summed E-state index contributed by atoms with van der Waals surface area (Å²) in [6, 6.07) is 5.16. The van der Waals surface area contributed by atoms with Crippen molar-refractivity contribution in [2.75, 3.05) is 25.6 Å². The third-order valence-corrected chi connectivity index (χ3v) is 2.74. The predicted octanol–water partition coefficient (Wildman–Crippen LogP) is 2.07. The SMILES string of the molecule is CCOC(=O)CC(O)CNc1cc(OC)ccc1Cl. The monoisotopic (exact) mass is 287 g/mol. The number of hydrogen-bond acceptors (Lipinski definition) is 5. The molecule has 0 spiro atoms. The van der Waals surface area contributed by atoms with Gasteiger partial charge in [0.25, 0.3) is 0 Å². The topological polar surface area (TPSA) is 67.8 Å². The van der Waals surface area contributed by atoms with Gasteiger partial charge in [0, 0.05) is 12.6 Å². The second kappa shape index (κ2) is 7.86. The number of nitrogens with one attached hydrogen (secondary N) is 1. The fraction of sp³-hybridized carbons (Fsp3) is 0.462. The molecule has 1 aromatic rings. The molecule has 0 saturated carbocycles. The number of ether oxygens (including phenoxy) is 2. The molecule has 0 amide bonds. The highest BCUT2D eigenvalue weighted by molar-refractivity contribution is 6.33. The average Bonchev–Trinajstić information content (AvgIpc) is 2.38. The molecule has 0 fully saturated rings. The van der Waals surface area contributed by atoms with Gasteiger partial charge in [-0.2, -0.15) is 0 Å². The number of carbonyl (C=O) groups excluding carboxylic acids is 1. The Kier molecular flexibility index (Phi) is 6.45. The number of anilines is 1. The predicted molar refractivity (Wildman–Crippen MR) is 73.8 cm³/mol. The Morgan fingerprint density at radius 1 is 1.53 bits per heavy atom. The van der Waals surface area contributed by atoms with Crippen LogP contribution in [0.4, 0.5) is 5.69 Å². The molecule has 1 rings (SSSR count). The van der Waals surface area contributed by atoms with Crippen molar-refractivity contribution in [3.63, 3.8) is 0 Å². The van der Waals surface area contributed by atoms with E-state index in [1.165, 1.54) is 0 Å². The van der Waals surface area contributed by atoms with Gasteiger partial charge in [-0.15, -0.1) is 0 Å². The summed E-state index contributed by atoms with van der Waals surface area (Å²) in [5, 5.41) is 13.2. The lowest BCUT2D eigenvalue weighted by Crippen LogP contribution is -2.24. The van der Waals surface area contributed by atoms with E-state index in [0.717, 1.165) is 0 Å². The first-order valence-electron chi connectivity index (χ1n) is 5.98. The van der Waals surface area contributed by atoms with E-state index in [4.69, 9.17) is 21.1 Å². The molecule has 0 aliphatic rings. The van der Waals surface area contributed by atoms with Crippen LogP contribution in [0.1, 0.15) is 13.3 Å². The third kappa shape index (κ3) is 5.36. The smallest absolute Gasteiger partial charge is 0.308 e. The van der Waals surface area contributed by atoms with Gasteiger partial charge in [0.1, 0.15) is 5.75 Å². The zero-order chi connectivity index (χ0) is 14.3. The Bertz CT molecular complexity index is 425. The molecule has 0 bridgehead atoms. The van der Waals surface area contributed by atoms with Crippen LogP contribution in [0.15, 0.2) is 18.2 Å². The molecule has 0 saturated heterocycles. The summed E-state index contributed by atoms with van der Waals surface area (Å²) in [5.41, 5.74) is 0.643. The number of aliphatic hydroxyl groups is 1. The van der Waals surface area contributed by atoms with Crippen molar-refractivity contribution >= 4 is 23.3 Å². The summed E-state index contributed by atoms with van der Waals surface area (Å²) < 4.78 is 9.83. The van der Waals surface area contributed by atoms with E-state index in [0.29, 0.717) is 23.1 Å². The number of rotatable bonds is 7. The summed E-state index contributed by atoms with van der Waals surface area (Å²) in [7, 11) is 1.56. The van der Waals surface area contributed by atoms with Crippen LogP contribution in [-0.4, -0.2) is 37.4 Å². The molecular weight excluding hydrogens is 270 g/mol. The first kappa shape index (κ1) is 15.6. The van der Waals surface area contributed by atoms with Crippen molar-refractivity contribution in [1.82, 2.24) is 0 Å². The molecule has 0 heterocycles. The molecule has 0 aliphatic carbocycles. The summed E-state index contributed by atoms with van der Waals surface area (Å²) in [4.78, 5) is 11.2. The van der Waals surface area contributed by atoms with E-state index in [1.807, 2.05) is 0 Å². The third-order valence-electron chi connectivity index (χ3n) is 2.41. The Morgan fingerprint density at radius 2 is 2.26 bits per heavy atom. The van der Waals surface area contributed by atoms with Gasteiger partial charge < -0.3 is 19.9 Å². The average molecular weight is 288 g/mol. The Morgan fingerprint density at radius 3 is 2.89 bits per heavy atom. The molecule has 6 heteroatoms. The minimum absolute atomic E-state index is 0.0531. The van der Waals surface area contributed by atoms with Crippen LogP contribution in [0.25, 0.3) is 0 Å². The van der Waals surface area contributed by atoms with E-state index >= 15 is 0 Å². The molecule has 2 N–H and O–H groups in total. The van der Waals surface area contributed by atoms with Gasteiger partial charge in [0.2, 0.25) is 0 Å². The number of carbonyl (C=O) groups is 1. The van der Waals surface area contributed by atoms with E-state index in [2.05, 4.69) is 5.32 Å². The maximum atomic E-state index is 11.2. The van der Waals surface area contributed by atoms with Gasteiger partial charge >= 0.3 is 5.97 Å². The Labute approximate surface area is 117 Å². The van der Waals surface area contributed by atoms with Gasteiger partial charge in [-0.3, -0.25) is 4.79 Å². The highest BCUT2D eigenvalue weighted by atomic mass is 35.5. The molecule has 1 atom stereocenters. The zero-order valence-corrected chi connectivity index (χ0v) is 11.7. The Balaban J connectivity index is 2.49. The number of hydrogen-bond donors (Lipinski definition) is 2. The summed E-state index contributed by atoms with van der Waals surface area (Å²) >= 11 is 6.00. The van der Waals surface area contributed by atoms with Crippen molar-refractivity contribution in [3.05, 3.63) is 23.2 Å². The second-order valence-electron chi connectivity index (χ2n) is 3.89. The molecule has 0 aromatic heterocycles. The van der Waals surface area contributed by atoms with Crippen LogP contribution in [0.3, 0.4) is 0 Å². The van der Waals surface area contributed by atoms with Gasteiger partial charge in [-0.25, -0.2) is 0 Å². The van der Waals surface area contributed by atoms with Gasteiger partial charge in [-0.1, -0.05) is 11.6 Å². The highest BCUT2D eigenvalue weighted by Crippen LogP contribution is 2.26. The number of aliphatic hydroxyl groups excluding tert-OH is 1. The summed E-state index contributed by atoms with van der Waals surface area (Å²) in [6.45, 7) is 2.23. The molecule has 106 valence electrons. The lowest BCUT2D eigenvalue weighted by atomic mass is 10.2. The maximum Gasteiger partial charge on any atom is 0.308 e. The minimum Gasteiger partial charge on any atom is -0.497 e. The lowest BCUT2D eigenvalue weighted by Gasteiger charge is -2.14. The number of halogens is 1. The first-order valence-corrected chi connectivity index (χ1v) is 6.35. The first-order chi connectivity index (χ1) is 9.06. The quantitative estimate of drug-likeness (QED) is 0.752. The number of esters is 1.